The van der Waals surface area contributed by atoms with Crippen LogP contribution in [0.15, 0.2) is 0 Å². The summed E-state index contributed by atoms with van der Waals surface area (Å²) >= 11 is 5.19. The fourth-order valence-electron chi connectivity index (χ4n) is 1.74. The number of hydrogen-bond donors (Lipinski definition) is 1. The van der Waals surface area contributed by atoms with E-state index >= 15 is 0 Å². The van der Waals surface area contributed by atoms with Crippen molar-refractivity contribution in [3.63, 3.8) is 0 Å². The van der Waals surface area contributed by atoms with E-state index in [1.807, 2.05) is 7.05 Å². The molecule has 1 unspecified atom stereocenters. The molecule has 3 heteroatoms. The summed E-state index contributed by atoms with van der Waals surface area (Å²) in [5, 5.41) is 3.95. The van der Waals surface area contributed by atoms with E-state index < -0.39 is 0 Å². The second-order valence-corrected chi connectivity index (χ2v) is 3.80. The van der Waals surface area contributed by atoms with Crippen LogP contribution in [-0.2, 0) is 0 Å². The molecule has 1 atom stereocenters. The molecule has 0 amide bonds. The molecule has 1 saturated heterocycles. The largest absolute Gasteiger partial charge is 0.366 e. The maximum absolute atomic E-state index is 5.19. The molecule has 1 aliphatic heterocycles. The molecular weight excluding hydrogens is 168 g/mol. The van der Waals surface area contributed by atoms with E-state index in [2.05, 4.69) is 17.1 Å². The number of nitrogens with zero attached hydrogens (tertiary/aromatic N) is 1. The number of hydrogen-bond acceptors (Lipinski definition) is 1. The van der Waals surface area contributed by atoms with Crippen molar-refractivity contribution in [3.05, 3.63) is 0 Å². The van der Waals surface area contributed by atoms with Crippen LogP contribution in [0, 0.1) is 5.92 Å². The zero-order chi connectivity index (χ0) is 8.97. The molecule has 0 spiro atoms. The highest BCUT2D eigenvalue weighted by Gasteiger charge is 2.19. The molecule has 2 nitrogen and oxygen atoms in total. The Balaban J connectivity index is 2.40. The van der Waals surface area contributed by atoms with Gasteiger partial charge in [0, 0.05) is 20.1 Å². The summed E-state index contributed by atoms with van der Waals surface area (Å²) in [6.07, 6.45) is 3.95. The first-order valence-corrected chi connectivity index (χ1v) is 5.15. The molecule has 0 aliphatic carbocycles. The summed E-state index contributed by atoms with van der Waals surface area (Å²) in [5.74, 6) is 0.852. The molecule has 70 valence electrons. The van der Waals surface area contributed by atoms with E-state index in [4.69, 9.17) is 12.2 Å². The van der Waals surface area contributed by atoms with Crippen LogP contribution < -0.4 is 5.32 Å². The lowest BCUT2D eigenvalue weighted by Crippen LogP contribution is -2.44. The van der Waals surface area contributed by atoms with Crippen LogP contribution in [0.3, 0.4) is 0 Å². The van der Waals surface area contributed by atoms with Gasteiger partial charge in [-0.05, 0) is 31.0 Å². The van der Waals surface area contributed by atoms with Crippen molar-refractivity contribution in [1.82, 2.24) is 10.2 Å². The van der Waals surface area contributed by atoms with Crippen LogP contribution >= 0.6 is 12.2 Å². The first-order chi connectivity index (χ1) is 5.77. The predicted molar refractivity (Wildman–Crippen MR) is 56.2 cm³/mol. The maximum Gasteiger partial charge on any atom is 0.168 e. The molecule has 0 bridgehead atoms. The first-order valence-electron chi connectivity index (χ1n) is 4.74. The third-order valence-corrected chi connectivity index (χ3v) is 3.06. The number of nitrogens with one attached hydrogen (secondary N) is 1. The van der Waals surface area contributed by atoms with Crippen LogP contribution in [0.2, 0.25) is 0 Å². The van der Waals surface area contributed by atoms with Crippen LogP contribution in [0.25, 0.3) is 0 Å². The molecule has 1 rings (SSSR count). The molecule has 0 radical (unpaired) electrons. The SMILES string of the molecule is CCC1CCCN(C(=S)NC)C1. The smallest absolute Gasteiger partial charge is 0.168 e. The molecule has 0 aromatic rings. The highest BCUT2D eigenvalue weighted by atomic mass is 32.1. The molecule has 1 aliphatic rings. The third kappa shape index (κ3) is 2.34. The molecule has 0 aromatic heterocycles. The van der Waals surface area contributed by atoms with Crippen LogP contribution in [-0.4, -0.2) is 30.1 Å². The molecular formula is C9H18N2S. The van der Waals surface area contributed by atoms with Crippen molar-refractivity contribution in [2.24, 2.45) is 5.92 Å². The lowest BCUT2D eigenvalue weighted by Gasteiger charge is -2.33. The lowest BCUT2D eigenvalue weighted by atomic mass is 9.96. The first kappa shape index (κ1) is 9.78. The Kier molecular flexibility index (Phi) is 3.79. The van der Waals surface area contributed by atoms with E-state index in [1.54, 1.807) is 0 Å². The predicted octanol–water partition coefficient (Wildman–Crippen LogP) is 1.61. The van der Waals surface area contributed by atoms with E-state index in [0.29, 0.717) is 0 Å². The molecule has 0 aromatic carbocycles. The van der Waals surface area contributed by atoms with E-state index in [9.17, 15) is 0 Å². The second kappa shape index (κ2) is 4.65. The van der Waals surface area contributed by atoms with Gasteiger partial charge >= 0.3 is 0 Å². The highest BCUT2D eigenvalue weighted by molar-refractivity contribution is 7.80. The topological polar surface area (TPSA) is 15.3 Å². The normalized spacial score (nSPS) is 23.8. The molecule has 0 saturated carbocycles. The second-order valence-electron chi connectivity index (χ2n) is 3.42. The summed E-state index contributed by atoms with van der Waals surface area (Å²) in [6.45, 7) is 4.54. The highest BCUT2D eigenvalue weighted by Crippen LogP contribution is 2.18. The van der Waals surface area contributed by atoms with E-state index in [1.165, 1.54) is 19.3 Å². The average molecular weight is 186 g/mol. The van der Waals surface area contributed by atoms with Gasteiger partial charge in [0.05, 0.1) is 0 Å². The number of likely N-dealkylation sites (tertiary alicyclic amines) is 1. The summed E-state index contributed by atoms with van der Waals surface area (Å²) in [7, 11) is 1.90. The van der Waals surface area contributed by atoms with Gasteiger partial charge in [-0.15, -0.1) is 0 Å². The molecule has 1 heterocycles. The Morgan fingerprint density at radius 3 is 3.00 bits per heavy atom. The summed E-state index contributed by atoms with van der Waals surface area (Å²) in [4.78, 5) is 2.28. The third-order valence-electron chi connectivity index (χ3n) is 2.60. The number of piperidine rings is 1. The van der Waals surface area contributed by atoms with Crippen molar-refractivity contribution < 1.29 is 0 Å². The standard InChI is InChI=1S/C9H18N2S/c1-3-8-5-4-6-11(7-8)9(12)10-2/h8H,3-7H2,1-2H3,(H,10,12). The van der Waals surface area contributed by atoms with E-state index in [0.717, 1.165) is 24.1 Å². The van der Waals surface area contributed by atoms with Crippen molar-refractivity contribution in [1.29, 1.82) is 0 Å². The molecule has 12 heavy (non-hydrogen) atoms. The lowest BCUT2D eigenvalue weighted by molar-refractivity contribution is 0.252. The van der Waals surface area contributed by atoms with Gasteiger partial charge in [0.25, 0.3) is 0 Å². The van der Waals surface area contributed by atoms with Crippen LogP contribution in [0.5, 0.6) is 0 Å². The van der Waals surface area contributed by atoms with Crippen molar-refractivity contribution in [2.75, 3.05) is 20.1 Å². The quantitative estimate of drug-likeness (QED) is 0.626. The van der Waals surface area contributed by atoms with E-state index in [-0.39, 0.29) is 0 Å². The zero-order valence-corrected chi connectivity index (χ0v) is 8.78. The molecule has 1 fully saturated rings. The average Bonchev–Trinajstić information content (AvgIpc) is 2.17. The zero-order valence-electron chi connectivity index (χ0n) is 7.97. The van der Waals surface area contributed by atoms with Crippen molar-refractivity contribution in [3.8, 4) is 0 Å². The Bertz CT molecular complexity index is 159. The van der Waals surface area contributed by atoms with Crippen LogP contribution in [0.1, 0.15) is 26.2 Å². The minimum atomic E-state index is 0.852. The fraction of sp³-hybridized carbons (Fsp3) is 0.889. The van der Waals surface area contributed by atoms with Gasteiger partial charge < -0.3 is 10.2 Å². The van der Waals surface area contributed by atoms with Gasteiger partial charge in [0.15, 0.2) is 5.11 Å². The maximum atomic E-state index is 5.19. The van der Waals surface area contributed by atoms with Crippen LogP contribution in [0.4, 0.5) is 0 Å². The van der Waals surface area contributed by atoms with Gasteiger partial charge in [0.1, 0.15) is 0 Å². The van der Waals surface area contributed by atoms with Gasteiger partial charge in [0.2, 0.25) is 0 Å². The van der Waals surface area contributed by atoms with Gasteiger partial charge in [-0.1, -0.05) is 13.3 Å². The number of rotatable bonds is 1. The van der Waals surface area contributed by atoms with Gasteiger partial charge in [-0.3, -0.25) is 0 Å². The number of thiocarbonyl (C=S) groups is 1. The summed E-state index contributed by atoms with van der Waals surface area (Å²) < 4.78 is 0. The van der Waals surface area contributed by atoms with Gasteiger partial charge in [-0.25, -0.2) is 0 Å². The van der Waals surface area contributed by atoms with Crippen molar-refractivity contribution in [2.45, 2.75) is 26.2 Å². The van der Waals surface area contributed by atoms with Crippen molar-refractivity contribution >= 4 is 17.3 Å². The summed E-state index contributed by atoms with van der Waals surface area (Å²) in [5.41, 5.74) is 0. The Hall–Kier alpha value is -0.310. The minimum Gasteiger partial charge on any atom is -0.366 e. The monoisotopic (exact) mass is 186 g/mol. The Labute approximate surface area is 80.3 Å². The van der Waals surface area contributed by atoms with Gasteiger partial charge in [-0.2, -0.15) is 0 Å². The fourth-order valence-corrected chi connectivity index (χ4v) is 1.91. The summed E-state index contributed by atoms with van der Waals surface area (Å²) in [6, 6.07) is 0. The molecule has 1 N–H and O–H groups in total. The Morgan fingerprint density at radius 2 is 2.42 bits per heavy atom. The Morgan fingerprint density at radius 1 is 1.67 bits per heavy atom. The minimum absolute atomic E-state index is 0.852.